The summed E-state index contributed by atoms with van der Waals surface area (Å²) in [6, 6.07) is 10.2. The third kappa shape index (κ3) is 9.03. The first-order valence-electron chi connectivity index (χ1n) is 14.8. The third-order valence-corrected chi connectivity index (χ3v) is 7.62. The second kappa shape index (κ2) is 17.9. The molecule has 0 amide bonds. The molecule has 1 saturated heterocycles. The van der Waals surface area contributed by atoms with E-state index >= 15 is 0 Å². The summed E-state index contributed by atoms with van der Waals surface area (Å²) < 4.78 is 17.5. The summed E-state index contributed by atoms with van der Waals surface area (Å²) in [7, 11) is 0. The zero-order chi connectivity index (χ0) is 30.4. The van der Waals surface area contributed by atoms with Crippen molar-refractivity contribution in [3.8, 4) is 16.9 Å². The first-order chi connectivity index (χ1) is 20.3. The molecule has 3 aromatic heterocycles. The monoisotopic (exact) mass is 738 g/mol. The fourth-order valence-electron chi connectivity index (χ4n) is 5.58. The van der Waals surface area contributed by atoms with Crippen molar-refractivity contribution < 1.29 is 73.3 Å². The normalized spacial score (nSPS) is 15.5. The van der Waals surface area contributed by atoms with E-state index in [1.807, 2.05) is 33.9 Å². The molecule has 4 heterocycles. The molecule has 0 radical (unpaired) electrons. The van der Waals surface area contributed by atoms with Crippen molar-refractivity contribution in [3.05, 3.63) is 94.4 Å². The smallest absolute Gasteiger partial charge is 0.358 e. The molecule has 44 heavy (non-hydrogen) atoms. The number of benzene rings is 1. The first-order valence-corrected chi connectivity index (χ1v) is 15.1. The standard InChI is InChI=1S/C31H34ClFN6O.C2H6.CH3.Cs/c1-5-27(36-34-6-2)26-15-24(33)9-10-25(26)23-13-29(32)35-30(14-23)39-19-28-21(4)12-22(18-38(28)31(39)40)17-37-11-7-8-20(3)16-37;1-2;;/h6,9-10,12-15,18-20H,5,7-8,11,16-17H2,1-4H3;1-2H3;1H3;/q;;-1;+1/b34-6-,36-27+;;;/t20-;;;/m0.../s1. The Morgan fingerprint density at radius 1 is 1.18 bits per heavy atom. The van der Waals surface area contributed by atoms with Crippen molar-refractivity contribution in [1.29, 1.82) is 0 Å². The van der Waals surface area contributed by atoms with Crippen LogP contribution in [0.4, 0.5) is 4.39 Å². The van der Waals surface area contributed by atoms with Crippen molar-refractivity contribution in [2.24, 2.45) is 16.1 Å². The number of nitrogens with zero attached hydrogens (tertiary/aromatic N) is 6. The largest absolute Gasteiger partial charge is 1.00 e. The van der Waals surface area contributed by atoms with E-state index in [0.717, 1.165) is 41.8 Å². The van der Waals surface area contributed by atoms with Crippen LogP contribution in [-0.4, -0.2) is 43.9 Å². The second-order valence-electron chi connectivity index (χ2n) is 10.6. The summed E-state index contributed by atoms with van der Waals surface area (Å²) in [6.45, 7) is 15.0. The average Bonchev–Trinajstić information content (AvgIpc) is 3.31. The Hall–Kier alpha value is -1.57. The molecule has 0 N–H and O–H groups in total. The Bertz CT molecular complexity index is 1680. The van der Waals surface area contributed by atoms with Crippen molar-refractivity contribution in [3.63, 3.8) is 0 Å². The van der Waals surface area contributed by atoms with Gasteiger partial charge in [-0.25, -0.2) is 14.2 Å². The van der Waals surface area contributed by atoms with Crippen LogP contribution in [0, 0.1) is 26.1 Å². The molecule has 0 saturated carbocycles. The molecule has 0 unspecified atom stereocenters. The number of likely N-dealkylation sites (tertiary alicyclic amines) is 1. The first kappa shape index (κ1) is 38.6. The van der Waals surface area contributed by atoms with Gasteiger partial charge in [0.2, 0.25) is 0 Å². The number of halogens is 2. The molecular weight excluding hydrogens is 696 g/mol. The van der Waals surface area contributed by atoms with E-state index in [-0.39, 0.29) is 93.0 Å². The van der Waals surface area contributed by atoms with E-state index in [4.69, 9.17) is 11.6 Å². The van der Waals surface area contributed by atoms with E-state index in [2.05, 4.69) is 33.1 Å². The molecule has 10 heteroatoms. The molecule has 0 spiro atoms. The van der Waals surface area contributed by atoms with Crippen LogP contribution in [0.1, 0.15) is 70.6 Å². The van der Waals surface area contributed by atoms with Gasteiger partial charge in [0.15, 0.2) is 0 Å². The molecule has 0 aliphatic carbocycles. The van der Waals surface area contributed by atoms with Crippen LogP contribution in [0.15, 0.2) is 63.8 Å². The molecule has 0 bridgehead atoms. The summed E-state index contributed by atoms with van der Waals surface area (Å²) in [5, 5.41) is 8.51. The van der Waals surface area contributed by atoms with Gasteiger partial charge in [-0.05, 0) is 92.1 Å². The van der Waals surface area contributed by atoms with Gasteiger partial charge in [0.25, 0.3) is 0 Å². The van der Waals surface area contributed by atoms with Gasteiger partial charge >= 0.3 is 74.6 Å². The number of imidazole rings is 1. The van der Waals surface area contributed by atoms with Crippen LogP contribution in [-0.2, 0) is 6.54 Å². The van der Waals surface area contributed by atoms with Crippen molar-refractivity contribution >= 4 is 29.0 Å². The number of aromatic nitrogens is 3. The van der Waals surface area contributed by atoms with Crippen molar-refractivity contribution in [2.75, 3.05) is 13.1 Å². The quantitative estimate of drug-likeness (QED) is 0.114. The SMILES string of the molecule is C/C=N\N=C(/CC)c1cc(F)ccc1-c1cc(Cl)nc(-n2cc3c(C)cc(CN4CCC[C@H](C)C4)cn3c2=O)c1.CC.[CH3-].[Cs+]. The number of piperidine rings is 1. The van der Waals surface area contributed by atoms with Crippen LogP contribution in [0.5, 0.6) is 0 Å². The predicted octanol–water partition coefficient (Wildman–Crippen LogP) is 5.17. The average molecular weight is 739 g/mol. The molecular formula is C34H43ClCsFN6O. The minimum absolute atomic E-state index is 0. The van der Waals surface area contributed by atoms with E-state index in [9.17, 15) is 9.18 Å². The van der Waals surface area contributed by atoms with E-state index in [1.54, 1.807) is 41.9 Å². The Morgan fingerprint density at radius 2 is 1.93 bits per heavy atom. The van der Waals surface area contributed by atoms with Gasteiger partial charge in [-0.1, -0.05) is 51.4 Å². The Kier molecular flexibility index (Phi) is 15.8. The van der Waals surface area contributed by atoms with Crippen LogP contribution >= 0.6 is 11.6 Å². The Morgan fingerprint density at radius 3 is 2.61 bits per heavy atom. The van der Waals surface area contributed by atoms with Crippen molar-refractivity contribution in [2.45, 2.75) is 67.3 Å². The van der Waals surface area contributed by atoms with Crippen LogP contribution in [0.3, 0.4) is 0 Å². The Balaban J connectivity index is 0.00000165. The maximum atomic E-state index is 14.3. The van der Waals surface area contributed by atoms with E-state index in [0.29, 0.717) is 35.0 Å². The molecule has 1 aromatic carbocycles. The molecule has 1 aliphatic rings. The minimum Gasteiger partial charge on any atom is -0.358 e. The number of fused-ring (bicyclic) bond motifs is 1. The van der Waals surface area contributed by atoms with Gasteiger partial charge < -0.3 is 7.43 Å². The molecule has 1 aliphatic heterocycles. The second-order valence-corrected chi connectivity index (χ2v) is 10.9. The fourth-order valence-corrected chi connectivity index (χ4v) is 5.79. The third-order valence-electron chi connectivity index (χ3n) is 7.43. The molecule has 230 valence electrons. The number of pyridine rings is 2. The minimum atomic E-state index is -0.374. The summed E-state index contributed by atoms with van der Waals surface area (Å²) in [5.41, 5.74) is 5.39. The van der Waals surface area contributed by atoms with Gasteiger partial charge in [0.05, 0.1) is 11.2 Å². The van der Waals surface area contributed by atoms with E-state index in [1.165, 1.54) is 29.5 Å². The Labute approximate surface area is 325 Å². The zero-order valence-corrected chi connectivity index (χ0v) is 34.4. The molecule has 5 rings (SSSR count). The summed E-state index contributed by atoms with van der Waals surface area (Å²) >= 11 is 6.49. The van der Waals surface area contributed by atoms with Gasteiger partial charge in [-0.3, -0.25) is 13.9 Å². The van der Waals surface area contributed by atoms with Crippen molar-refractivity contribution in [1.82, 2.24) is 18.9 Å². The number of aryl methyl sites for hydroxylation is 1. The summed E-state index contributed by atoms with van der Waals surface area (Å²) in [4.78, 5) is 20.6. The van der Waals surface area contributed by atoms with Gasteiger partial charge in [0.1, 0.15) is 16.8 Å². The topological polar surface area (TPSA) is 67.3 Å². The predicted molar refractivity (Wildman–Crippen MR) is 178 cm³/mol. The maximum absolute atomic E-state index is 14.3. The van der Waals surface area contributed by atoms with Gasteiger partial charge in [0, 0.05) is 37.3 Å². The van der Waals surface area contributed by atoms with Gasteiger partial charge in [-0.15, -0.1) is 0 Å². The van der Waals surface area contributed by atoms with Crippen LogP contribution in [0.2, 0.25) is 5.15 Å². The van der Waals surface area contributed by atoms with Crippen LogP contribution in [0.25, 0.3) is 22.5 Å². The molecule has 4 aromatic rings. The fraction of sp³-hybridized carbons (Fsp3) is 0.382. The maximum Gasteiger partial charge on any atom is 1.00 e. The summed E-state index contributed by atoms with van der Waals surface area (Å²) in [5.74, 6) is 0.700. The molecule has 1 fully saturated rings. The molecule has 1 atom stereocenters. The molecule has 7 nitrogen and oxygen atoms in total. The number of hydrogen-bond donors (Lipinski definition) is 0. The van der Waals surface area contributed by atoms with Gasteiger partial charge in [-0.2, -0.15) is 10.2 Å². The number of rotatable bonds is 7. The number of hydrogen-bond acceptors (Lipinski definition) is 5. The summed E-state index contributed by atoms with van der Waals surface area (Å²) in [6.07, 6.45) is 8.34. The van der Waals surface area contributed by atoms with Crippen LogP contribution < -0.4 is 74.6 Å². The zero-order valence-electron chi connectivity index (χ0n) is 27.4. The van der Waals surface area contributed by atoms with E-state index < -0.39 is 0 Å².